The van der Waals surface area contributed by atoms with Crippen LogP contribution >= 0.6 is 0 Å². The molecule has 0 heterocycles. The molecule has 0 radical (unpaired) electrons. The standard InChI is InChI=1S/C26H28O4/c1-4-29-24(27)21-19-16-26(3,23(21)25(28)30-5-2)22(18-14-10-7-11-15-18)20(19)17-12-8-6-9-13-17/h6-15,19-20,22H,4-5,16H2,1-3H3. The Morgan fingerprint density at radius 2 is 1.40 bits per heavy atom. The monoisotopic (exact) mass is 404 g/mol. The Balaban J connectivity index is 1.93. The molecular formula is C26H28O4. The van der Waals surface area contributed by atoms with Crippen molar-refractivity contribution in [2.45, 2.75) is 39.0 Å². The second-order valence-electron chi connectivity index (χ2n) is 8.28. The minimum absolute atomic E-state index is 0.0729. The Morgan fingerprint density at radius 1 is 0.867 bits per heavy atom. The summed E-state index contributed by atoms with van der Waals surface area (Å²) in [7, 11) is 0. The lowest BCUT2D eigenvalue weighted by Crippen LogP contribution is -2.35. The zero-order valence-corrected chi connectivity index (χ0v) is 17.8. The molecule has 156 valence electrons. The normalized spacial score (nSPS) is 27.2. The lowest BCUT2D eigenvalue weighted by molar-refractivity contribution is -0.143. The summed E-state index contributed by atoms with van der Waals surface area (Å²) >= 11 is 0. The molecule has 4 heteroatoms. The van der Waals surface area contributed by atoms with Crippen LogP contribution in [0, 0.1) is 11.3 Å². The third-order valence-electron chi connectivity index (χ3n) is 6.65. The first-order valence-corrected chi connectivity index (χ1v) is 10.7. The maximum Gasteiger partial charge on any atom is 0.335 e. The van der Waals surface area contributed by atoms with Crippen LogP contribution in [-0.2, 0) is 19.1 Å². The molecule has 4 nitrogen and oxygen atoms in total. The van der Waals surface area contributed by atoms with Gasteiger partial charge in [0.05, 0.1) is 24.4 Å². The molecule has 0 aliphatic heterocycles. The molecule has 2 aliphatic rings. The van der Waals surface area contributed by atoms with Crippen molar-refractivity contribution in [2.24, 2.45) is 11.3 Å². The molecule has 2 aromatic carbocycles. The zero-order valence-electron chi connectivity index (χ0n) is 17.8. The highest BCUT2D eigenvalue weighted by atomic mass is 16.5. The number of carbonyl (C=O) groups excluding carboxylic acids is 2. The Hall–Kier alpha value is -2.88. The molecule has 2 bridgehead atoms. The fraction of sp³-hybridized carbons (Fsp3) is 0.385. The first-order valence-electron chi connectivity index (χ1n) is 10.7. The van der Waals surface area contributed by atoms with E-state index in [4.69, 9.17) is 9.47 Å². The molecule has 4 atom stereocenters. The number of carbonyl (C=O) groups is 2. The summed E-state index contributed by atoms with van der Waals surface area (Å²) < 4.78 is 10.8. The highest BCUT2D eigenvalue weighted by molar-refractivity contribution is 6.04. The molecule has 0 amide bonds. The van der Waals surface area contributed by atoms with E-state index in [0.717, 1.165) is 6.42 Å². The minimum atomic E-state index is -0.499. The number of ether oxygens (including phenoxy) is 2. The third-order valence-corrected chi connectivity index (χ3v) is 6.65. The summed E-state index contributed by atoms with van der Waals surface area (Å²) in [6.07, 6.45) is 0.731. The number of esters is 2. The van der Waals surface area contributed by atoms with E-state index in [2.05, 4.69) is 31.2 Å². The summed E-state index contributed by atoms with van der Waals surface area (Å²) in [4.78, 5) is 26.1. The molecule has 2 aromatic rings. The number of rotatable bonds is 6. The first kappa shape index (κ1) is 20.4. The molecule has 0 aromatic heterocycles. The van der Waals surface area contributed by atoms with Gasteiger partial charge in [-0.05, 0) is 43.2 Å². The number of hydrogen-bond acceptors (Lipinski definition) is 4. The SMILES string of the molecule is CCOC(=O)C1=C(C(=O)OCC)C2(C)CC1C(c1ccccc1)C2c1ccccc1. The van der Waals surface area contributed by atoms with Gasteiger partial charge in [-0.25, -0.2) is 9.59 Å². The Kier molecular flexibility index (Phi) is 5.50. The van der Waals surface area contributed by atoms with Crippen molar-refractivity contribution < 1.29 is 19.1 Å². The molecule has 4 rings (SSSR count). The molecule has 1 fully saturated rings. The van der Waals surface area contributed by atoms with Crippen LogP contribution in [0.4, 0.5) is 0 Å². The maximum absolute atomic E-state index is 13.1. The lowest BCUT2D eigenvalue weighted by atomic mass is 9.63. The zero-order chi connectivity index (χ0) is 21.3. The summed E-state index contributed by atoms with van der Waals surface area (Å²) in [5, 5.41) is 0. The van der Waals surface area contributed by atoms with Crippen LogP contribution in [-0.4, -0.2) is 25.2 Å². The summed E-state index contributed by atoms with van der Waals surface area (Å²) in [6, 6.07) is 20.6. The molecule has 0 saturated heterocycles. The van der Waals surface area contributed by atoms with Crippen molar-refractivity contribution in [2.75, 3.05) is 13.2 Å². The van der Waals surface area contributed by atoms with Crippen molar-refractivity contribution in [3.63, 3.8) is 0 Å². The second kappa shape index (κ2) is 8.10. The second-order valence-corrected chi connectivity index (χ2v) is 8.28. The van der Waals surface area contributed by atoms with Gasteiger partial charge < -0.3 is 9.47 Å². The van der Waals surface area contributed by atoms with Crippen molar-refractivity contribution in [1.82, 2.24) is 0 Å². The van der Waals surface area contributed by atoms with Crippen molar-refractivity contribution >= 4 is 11.9 Å². The minimum Gasteiger partial charge on any atom is -0.463 e. The van der Waals surface area contributed by atoms with E-state index in [1.807, 2.05) is 36.4 Å². The van der Waals surface area contributed by atoms with Gasteiger partial charge in [-0.1, -0.05) is 67.6 Å². The van der Waals surface area contributed by atoms with Crippen molar-refractivity contribution in [3.05, 3.63) is 82.9 Å². The van der Waals surface area contributed by atoms with E-state index < -0.39 is 11.4 Å². The fourth-order valence-corrected chi connectivity index (χ4v) is 5.72. The Morgan fingerprint density at radius 3 is 1.97 bits per heavy atom. The molecule has 1 saturated carbocycles. The largest absolute Gasteiger partial charge is 0.463 e. The Labute approximate surface area is 177 Å². The summed E-state index contributed by atoms with van der Waals surface area (Å²) in [5.41, 5.74) is 2.89. The van der Waals surface area contributed by atoms with Crippen LogP contribution in [0.15, 0.2) is 71.8 Å². The van der Waals surface area contributed by atoms with E-state index in [1.54, 1.807) is 13.8 Å². The van der Waals surface area contributed by atoms with E-state index >= 15 is 0 Å². The van der Waals surface area contributed by atoms with Crippen molar-refractivity contribution in [1.29, 1.82) is 0 Å². The van der Waals surface area contributed by atoms with Gasteiger partial charge in [0.25, 0.3) is 0 Å². The maximum atomic E-state index is 13.1. The topological polar surface area (TPSA) is 52.6 Å². The number of fused-ring (bicyclic) bond motifs is 2. The van der Waals surface area contributed by atoms with Crippen LogP contribution in [0.25, 0.3) is 0 Å². The van der Waals surface area contributed by atoms with E-state index in [-0.39, 0.29) is 36.9 Å². The Bertz CT molecular complexity index is 963. The fourth-order valence-electron chi connectivity index (χ4n) is 5.72. The average Bonchev–Trinajstić information content (AvgIpc) is 3.23. The van der Waals surface area contributed by atoms with Crippen LogP contribution < -0.4 is 0 Å². The molecule has 2 aliphatic carbocycles. The van der Waals surface area contributed by atoms with Crippen molar-refractivity contribution in [3.8, 4) is 0 Å². The van der Waals surface area contributed by atoms with Gasteiger partial charge in [0, 0.05) is 11.3 Å². The van der Waals surface area contributed by atoms with Gasteiger partial charge in [-0.2, -0.15) is 0 Å². The number of hydrogen-bond donors (Lipinski definition) is 0. The van der Waals surface area contributed by atoms with E-state index in [9.17, 15) is 9.59 Å². The van der Waals surface area contributed by atoms with Gasteiger partial charge in [0.1, 0.15) is 0 Å². The molecular weight excluding hydrogens is 376 g/mol. The van der Waals surface area contributed by atoms with Gasteiger partial charge in [-0.3, -0.25) is 0 Å². The smallest absolute Gasteiger partial charge is 0.335 e. The lowest BCUT2D eigenvalue weighted by Gasteiger charge is -2.39. The number of benzene rings is 2. The van der Waals surface area contributed by atoms with Gasteiger partial charge in [-0.15, -0.1) is 0 Å². The van der Waals surface area contributed by atoms with Crippen LogP contribution in [0.2, 0.25) is 0 Å². The summed E-state index contributed by atoms with van der Waals surface area (Å²) in [6.45, 7) is 6.24. The molecule has 0 spiro atoms. The highest BCUT2D eigenvalue weighted by Crippen LogP contribution is 2.69. The predicted molar refractivity (Wildman–Crippen MR) is 115 cm³/mol. The predicted octanol–water partition coefficient (Wildman–Crippen LogP) is 5.02. The van der Waals surface area contributed by atoms with Gasteiger partial charge >= 0.3 is 11.9 Å². The van der Waals surface area contributed by atoms with Gasteiger partial charge in [0.15, 0.2) is 0 Å². The van der Waals surface area contributed by atoms with Gasteiger partial charge in [0.2, 0.25) is 0 Å². The molecule has 0 N–H and O–H groups in total. The van der Waals surface area contributed by atoms with Crippen LogP contribution in [0.5, 0.6) is 0 Å². The van der Waals surface area contributed by atoms with E-state index in [0.29, 0.717) is 11.1 Å². The average molecular weight is 405 g/mol. The van der Waals surface area contributed by atoms with E-state index in [1.165, 1.54) is 11.1 Å². The summed E-state index contributed by atoms with van der Waals surface area (Å²) in [5.74, 6) is -0.694. The third kappa shape index (κ3) is 3.15. The van der Waals surface area contributed by atoms with Crippen LogP contribution in [0.1, 0.15) is 50.2 Å². The quantitative estimate of drug-likeness (QED) is 0.635. The van der Waals surface area contributed by atoms with Crippen LogP contribution in [0.3, 0.4) is 0 Å². The molecule has 4 unspecified atom stereocenters. The first-order chi connectivity index (χ1) is 14.5. The highest BCUT2D eigenvalue weighted by Gasteiger charge is 2.63. The molecule has 30 heavy (non-hydrogen) atoms.